The molecule has 0 amide bonds. The molecular weight excluding hydrogens is 773 g/mol. The molecule has 0 aromatic heterocycles. The van der Waals surface area contributed by atoms with Gasteiger partial charge < -0.3 is 30.3 Å². The van der Waals surface area contributed by atoms with Crippen molar-refractivity contribution in [3.8, 4) is 0 Å². The number of carbonyl (C=O) groups excluding carboxylic acids is 2. The first kappa shape index (κ1) is 54.8. The van der Waals surface area contributed by atoms with Crippen molar-refractivity contribution in [2.45, 2.75) is 128 Å². The van der Waals surface area contributed by atoms with E-state index in [0.29, 0.717) is 25.7 Å². The number of ether oxygens (including phenoxy) is 2. The Balaban J connectivity index is 4.68. The van der Waals surface area contributed by atoms with Crippen LogP contribution in [0.2, 0.25) is 0 Å². The van der Waals surface area contributed by atoms with Gasteiger partial charge in [-0.2, -0.15) is 0 Å². The standard InChI is InChI=1S/C46H70NO11P/c1-3-5-7-9-11-12-13-14-15-16-17-21-24-28-32-36-44(49)55-38-42(39-56-59(53,54)57-40-43(47)46(51)52)58-45(50)37-33-29-25-22-19-18-20-23-27-31-35-41(48)34-30-26-10-8-6-4-2/h5-8,11-12,14-15,17-19,21,23,25-27,29-31,35,41-43,48H,3-4,9-10,13,16,20,22,24,28,32-34,36-40,47H2,1-2H3,(H,51,52)(H,53,54)/b7-5-,8-6-,12-11-,15-14-,19-18-,21-17-,27-23-,29-25-,30-26-,35-31+/t41?,42-,43+/m1/s1. The van der Waals surface area contributed by atoms with E-state index in [2.05, 4.69) is 79.1 Å². The average Bonchev–Trinajstić information content (AvgIpc) is 3.21. The summed E-state index contributed by atoms with van der Waals surface area (Å²) in [7, 11) is -4.77. The van der Waals surface area contributed by atoms with Crippen molar-refractivity contribution in [3.05, 3.63) is 122 Å². The van der Waals surface area contributed by atoms with Crippen LogP contribution in [-0.4, -0.2) is 71.1 Å². The number of aliphatic hydroxyl groups is 1. The third-order valence-electron chi connectivity index (χ3n) is 7.80. The second-order valence-electron chi connectivity index (χ2n) is 13.2. The zero-order chi connectivity index (χ0) is 43.7. The summed E-state index contributed by atoms with van der Waals surface area (Å²) in [5.74, 6) is -2.60. The van der Waals surface area contributed by atoms with Gasteiger partial charge in [0.15, 0.2) is 6.10 Å². The zero-order valence-electron chi connectivity index (χ0n) is 35.1. The molecule has 0 spiro atoms. The van der Waals surface area contributed by atoms with Crippen molar-refractivity contribution in [2.75, 3.05) is 19.8 Å². The number of nitrogens with two attached hydrogens (primary N) is 1. The predicted octanol–water partition coefficient (Wildman–Crippen LogP) is 9.80. The van der Waals surface area contributed by atoms with Crippen LogP contribution in [0.5, 0.6) is 0 Å². The Labute approximate surface area is 352 Å². The fourth-order valence-electron chi connectivity index (χ4n) is 4.57. The smallest absolute Gasteiger partial charge is 0.472 e. The molecule has 13 heteroatoms. The number of hydrogen-bond acceptors (Lipinski definition) is 10. The molecule has 0 fully saturated rings. The van der Waals surface area contributed by atoms with Crippen molar-refractivity contribution in [3.63, 3.8) is 0 Å². The van der Waals surface area contributed by atoms with E-state index in [1.165, 1.54) is 0 Å². The van der Waals surface area contributed by atoms with Crippen LogP contribution in [0.15, 0.2) is 122 Å². The highest BCUT2D eigenvalue weighted by Gasteiger charge is 2.28. The van der Waals surface area contributed by atoms with Gasteiger partial charge in [0.1, 0.15) is 12.6 Å². The molecule has 59 heavy (non-hydrogen) atoms. The summed E-state index contributed by atoms with van der Waals surface area (Å²) in [6.07, 6.45) is 48.9. The Morgan fingerprint density at radius 3 is 1.69 bits per heavy atom. The highest BCUT2D eigenvalue weighted by molar-refractivity contribution is 7.47. The quantitative estimate of drug-likeness (QED) is 0.0154. The first-order chi connectivity index (χ1) is 28.5. The molecule has 330 valence electrons. The minimum Gasteiger partial charge on any atom is -0.480 e. The van der Waals surface area contributed by atoms with Crippen LogP contribution in [0, 0.1) is 0 Å². The van der Waals surface area contributed by atoms with E-state index in [9.17, 15) is 28.9 Å². The van der Waals surface area contributed by atoms with Gasteiger partial charge >= 0.3 is 25.7 Å². The molecule has 5 N–H and O–H groups in total. The molecule has 0 saturated carbocycles. The number of hydrogen-bond donors (Lipinski definition) is 4. The van der Waals surface area contributed by atoms with E-state index >= 15 is 0 Å². The molecule has 0 heterocycles. The van der Waals surface area contributed by atoms with Gasteiger partial charge in [-0.1, -0.05) is 135 Å². The van der Waals surface area contributed by atoms with Crippen molar-refractivity contribution < 1.29 is 52.6 Å². The molecule has 0 bridgehead atoms. The zero-order valence-corrected chi connectivity index (χ0v) is 36.0. The lowest BCUT2D eigenvalue weighted by molar-refractivity contribution is -0.161. The Hall–Kier alpha value is -4.16. The first-order valence-corrected chi connectivity index (χ1v) is 22.2. The average molecular weight is 844 g/mol. The monoisotopic (exact) mass is 843 g/mol. The number of phosphoric ester groups is 1. The second-order valence-corrected chi connectivity index (χ2v) is 14.7. The summed E-state index contributed by atoms with van der Waals surface area (Å²) in [5.41, 5.74) is 5.31. The van der Waals surface area contributed by atoms with Crippen molar-refractivity contribution in [1.82, 2.24) is 0 Å². The van der Waals surface area contributed by atoms with Crippen molar-refractivity contribution in [1.29, 1.82) is 0 Å². The second kappa shape index (κ2) is 39.3. The van der Waals surface area contributed by atoms with Gasteiger partial charge in [-0.15, -0.1) is 0 Å². The highest BCUT2D eigenvalue weighted by atomic mass is 31.2. The lowest BCUT2D eigenvalue weighted by Gasteiger charge is -2.20. The van der Waals surface area contributed by atoms with Crippen LogP contribution in [0.3, 0.4) is 0 Å². The minimum atomic E-state index is -4.77. The van der Waals surface area contributed by atoms with Crippen LogP contribution in [0.1, 0.15) is 110 Å². The number of esters is 2. The molecule has 0 aliphatic rings. The topological polar surface area (TPSA) is 192 Å². The first-order valence-electron chi connectivity index (χ1n) is 20.7. The summed E-state index contributed by atoms with van der Waals surface area (Å²) >= 11 is 0. The third kappa shape index (κ3) is 39.1. The van der Waals surface area contributed by atoms with E-state index in [1.54, 1.807) is 6.08 Å². The molecule has 0 rings (SSSR count). The molecule has 0 aliphatic heterocycles. The molecule has 4 atom stereocenters. The van der Waals surface area contributed by atoms with E-state index in [1.807, 2.05) is 54.7 Å². The summed E-state index contributed by atoms with van der Waals surface area (Å²) < 4.78 is 32.5. The maximum Gasteiger partial charge on any atom is 0.472 e. The number of rotatable bonds is 36. The third-order valence-corrected chi connectivity index (χ3v) is 8.75. The molecule has 0 aromatic rings. The number of carboxylic acid groups (broad SMARTS) is 1. The lowest BCUT2D eigenvalue weighted by Crippen LogP contribution is -2.34. The molecule has 0 saturated heterocycles. The molecular formula is C46H70NO11P. The predicted molar refractivity (Wildman–Crippen MR) is 236 cm³/mol. The van der Waals surface area contributed by atoms with E-state index < -0.39 is 63.8 Å². The number of phosphoric acid groups is 1. The van der Waals surface area contributed by atoms with Crippen molar-refractivity contribution >= 4 is 25.7 Å². The number of carbonyl (C=O) groups is 3. The molecule has 0 aromatic carbocycles. The van der Waals surface area contributed by atoms with Crippen molar-refractivity contribution in [2.24, 2.45) is 5.73 Å². The summed E-state index contributed by atoms with van der Waals surface area (Å²) in [6.45, 7) is 2.34. The fraction of sp³-hybridized carbons (Fsp3) is 0.500. The number of aliphatic hydroxyl groups excluding tert-OH is 1. The summed E-state index contributed by atoms with van der Waals surface area (Å²) in [4.78, 5) is 45.9. The fourth-order valence-corrected chi connectivity index (χ4v) is 5.35. The number of unbranched alkanes of at least 4 members (excludes halogenated alkanes) is 2. The van der Waals surface area contributed by atoms with E-state index in [-0.39, 0.29) is 12.8 Å². The summed E-state index contributed by atoms with van der Waals surface area (Å²) in [6, 6.07) is -1.55. The molecule has 2 unspecified atom stereocenters. The SMILES string of the molecule is CC/C=C\C/C=C\C/C=C\C/C=C\CCCCC(=O)OC[C@H](COP(=O)(O)OC[C@H](N)C(=O)O)OC(=O)CC/C=C\C/C=C\C/C=C\C=C\C(O)C/C=C\C/C=C\CC. The molecule has 0 radical (unpaired) electrons. The Kier molecular flexibility index (Phi) is 36.5. The van der Waals surface area contributed by atoms with Crippen LogP contribution >= 0.6 is 7.82 Å². The van der Waals surface area contributed by atoms with Gasteiger partial charge in [-0.05, 0) is 83.5 Å². The van der Waals surface area contributed by atoms with Crippen LogP contribution in [0.25, 0.3) is 0 Å². The Morgan fingerprint density at radius 1 is 0.610 bits per heavy atom. The highest BCUT2D eigenvalue weighted by Crippen LogP contribution is 2.43. The van der Waals surface area contributed by atoms with Crippen LogP contribution in [-0.2, 0) is 37.5 Å². The van der Waals surface area contributed by atoms with Gasteiger partial charge in [0.25, 0.3) is 0 Å². The van der Waals surface area contributed by atoms with Gasteiger partial charge in [-0.3, -0.25) is 23.4 Å². The number of allylic oxidation sites excluding steroid dienone is 18. The van der Waals surface area contributed by atoms with E-state index in [0.717, 1.165) is 57.8 Å². The lowest BCUT2D eigenvalue weighted by atomic mass is 10.2. The maximum atomic E-state index is 12.6. The number of aliphatic carboxylic acids is 1. The number of carboxylic acids is 1. The normalized spacial score (nSPS) is 15.5. The Bertz CT molecular complexity index is 1470. The van der Waals surface area contributed by atoms with E-state index in [4.69, 9.17) is 24.8 Å². The van der Waals surface area contributed by atoms with Gasteiger partial charge in [-0.25, -0.2) is 4.57 Å². The minimum absolute atomic E-state index is 0.00463. The summed E-state index contributed by atoms with van der Waals surface area (Å²) in [5, 5.41) is 18.9. The largest absolute Gasteiger partial charge is 0.480 e. The van der Waals surface area contributed by atoms with Crippen LogP contribution < -0.4 is 5.73 Å². The Morgan fingerprint density at radius 2 is 1.12 bits per heavy atom. The maximum absolute atomic E-state index is 12.6. The van der Waals surface area contributed by atoms with Crippen LogP contribution in [0.4, 0.5) is 0 Å². The molecule has 0 aliphatic carbocycles. The van der Waals surface area contributed by atoms with Gasteiger partial charge in [0.05, 0.1) is 19.3 Å². The van der Waals surface area contributed by atoms with Gasteiger partial charge in [0, 0.05) is 12.8 Å². The molecule has 12 nitrogen and oxygen atoms in total. The van der Waals surface area contributed by atoms with Gasteiger partial charge in [0.2, 0.25) is 0 Å².